The van der Waals surface area contributed by atoms with E-state index in [9.17, 15) is 20.4 Å². The Morgan fingerprint density at radius 1 is 0.308 bits per heavy atom. The summed E-state index contributed by atoms with van der Waals surface area (Å²) in [6.45, 7) is 3.17. The summed E-state index contributed by atoms with van der Waals surface area (Å²) in [6, 6.07) is 28.9. The van der Waals surface area contributed by atoms with Crippen LogP contribution in [0.15, 0.2) is 117 Å². The quantitative estimate of drug-likeness (QED) is 0.0401. The molecule has 4 N–H and O–H groups in total. The molecular formula is C42H52N4O4Pd2. The monoisotopic (exact) mass is 888 g/mol. The molecule has 0 fully saturated rings. The van der Waals surface area contributed by atoms with Crippen LogP contribution in [0.25, 0.3) is 0 Å². The van der Waals surface area contributed by atoms with Crippen LogP contribution in [0.2, 0.25) is 0 Å². The number of hydrogen-bond acceptors (Lipinski definition) is 8. The van der Waals surface area contributed by atoms with Crippen molar-refractivity contribution in [2.45, 2.75) is 64.2 Å². The van der Waals surface area contributed by atoms with Crippen LogP contribution in [0.5, 0.6) is 23.0 Å². The molecule has 8 nitrogen and oxygen atoms in total. The van der Waals surface area contributed by atoms with Gasteiger partial charge in [0.25, 0.3) is 0 Å². The van der Waals surface area contributed by atoms with Crippen molar-refractivity contribution in [1.29, 1.82) is 0 Å². The molecule has 0 aliphatic carbocycles. The molecule has 10 heteroatoms. The van der Waals surface area contributed by atoms with Crippen LogP contribution in [0.4, 0.5) is 0 Å². The van der Waals surface area contributed by atoms with Gasteiger partial charge < -0.3 is 20.4 Å². The number of aliphatic imine (C=N–C) groups is 4. The van der Waals surface area contributed by atoms with Crippen LogP contribution in [-0.4, -0.2) is 71.5 Å². The molecule has 0 aliphatic heterocycles. The van der Waals surface area contributed by atoms with Crippen molar-refractivity contribution in [1.82, 2.24) is 0 Å². The Balaban J connectivity index is 0.000000501. The first-order valence-electron chi connectivity index (χ1n) is 17.7. The molecule has 0 saturated heterocycles. The van der Waals surface area contributed by atoms with E-state index in [4.69, 9.17) is 0 Å². The van der Waals surface area contributed by atoms with E-state index in [0.717, 1.165) is 99.8 Å². The standard InChI is InChI=1S/2C21H26N2O2.2Pd/c2*24-20-12-6-4-10-18(20)16-22-14-8-2-1-3-9-15-23-17-19-11-5-7-13-21(19)25;;/h2*4-7,10-13,16-17,24-25H,1-3,8-9,14-15H2;;. The number of phenolic OH excluding ortho intramolecular Hbond substituents is 4. The zero-order valence-electron chi connectivity index (χ0n) is 29.7. The minimum Gasteiger partial charge on any atom is -0.507 e. The van der Waals surface area contributed by atoms with Crippen molar-refractivity contribution in [3.05, 3.63) is 119 Å². The van der Waals surface area contributed by atoms with E-state index in [-0.39, 0.29) is 63.8 Å². The Kier molecular flexibility index (Phi) is 26.3. The van der Waals surface area contributed by atoms with E-state index in [1.54, 1.807) is 73.4 Å². The van der Waals surface area contributed by atoms with E-state index in [1.165, 1.54) is 12.8 Å². The molecule has 0 aromatic heterocycles. The van der Waals surface area contributed by atoms with Crippen LogP contribution < -0.4 is 0 Å². The summed E-state index contributed by atoms with van der Waals surface area (Å²) < 4.78 is 0. The number of benzene rings is 4. The number of unbranched alkanes of at least 4 members (excludes halogenated alkanes) is 8. The Morgan fingerprint density at radius 3 is 0.712 bits per heavy atom. The third-order valence-corrected chi connectivity index (χ3v) is 7.82. The molecule has 4 rings (SSSR count). The molecule has 0 amide bonds. The molecule has 0 saturated carbocycles. The number of para-hydroxylation sites is 4. The Bertz CT molecular complexity index is 1410. The number of phenols is 4. The Hall–Kier alpha value is -3.92. The molecule has 0 heterocycles. The van der Waals surface area contributed by atoms with Crippen LogP contribution in [-0.2, 0) is 40.8 Å². The summed E-state index contributed by atoms with van der Waals surface area (Å²) >= 11 is 0. The third-order valence-electron chi connectivity index (χ3n) is 7.82. The first-order chi connectivity index (χ1) is 24.5. The number of hydrogen-bond donors (Lipinski definition) is 4. The maximum absolute atomic E-state index is 9.63. The van der Waals surface area contributed by atoms with E-state index in [2.05, 4.69) is 20.0 Å². The fraction of sp³-hybridized carbons (Fsp3) is 0.333. The largest absolute Gasteiger partial charge is 0.507 e. The van der Waals surface area contributed by atoms with Gasteiger partial charge in [-0.1, -0.05) is 87.1 Å². The summed E-state index contributed by atoms with van der Waals surface area (Å²) in [4.78, 5) is 17.4. The molecule has 4 aromatic carbocycles. The summed E-state index contributed by atoms with van der Waals surface area (Å²) in [5.41, 5.74) is 3.07. The normalized spacial score (nSPS) is 11.1. The van der Waals surface area contributed by atoms with Gasteiger partial charge in [-0.05, 0) is 74.2 Å². The fourth-order valence-corrected chi connectivity index (χ4v) is 4.91. The molecule has 0 aliphatic rings. The molecule has 0 atom stereocenters. The van der Waals surface area contributed by atoms with Crippen molar-refractivity contribution in [3.8, 4) is 23.0 Å². The number of rotatable bonds is 20. The summed E-state index contributed by atoms with van der Waals surface area (Å²) in [7, 11) is 0. The van der Waals surface area contributed by atoms with Crippen LogP contribution >= 0.6 is 0 Å². The molecule has 52 heavy (non-hydrogen) atoms. The summed E-state index contributed by atoms with van der Waals surface area (Å²) in [5, 5.41) is 38.5. The van der Waals surface area contributed by atoms with Crippen LogP contribution in [0.1, 0.15) is 86.5 Å². The maximum atomic E-state index is 9.63. The minimum atomic E-state index is 0. The van der Waals surface area contributed by atoms with Crippen molar-refractivity contribution < 1.29 is 61.3 Å². The molecule has 4 aromatic rings. The first-order valence-corrected chi connectivity index (χ1v) is 17.7. The molecule has 0 unspecified atom stereocenters. The van der Waals surface area contributed by atoms with Gasteiger partial charge in [0, 0.05) is 114 Å². The molecule has 0 spiro atoms. The zero-order chi connectivity index (χ0) is 35.5. The van der Waals surface area contributed by atoms with Crippen molar-refractivity contribution in [2.24, 2.45) is 20.0 Å². The van der Waals surface area contributed by atoms with Crippen molar-refractivity contribution >= 4 is 24.9 Å². The number of nitrogens with zero attached hydrogens (tertiary/aromatic N) is 4. The average molecular weight is 890 g/mol. The van der Waals surface area contributed by atoms with Gasteiger partial charge >= 0.3 is 0 Å². The smallest absolute Gasteiger partial charge is 0.124 e. The Morgan fingerprint density at radius 2 is 0.500 bits per heavy atom. The van der Waals surface area contributed by atoms with Crippen molar-refractivity contribution in [3.63, 3.8) is 0 Å². The third kappa shape index (κ3) is 20.2. The van der Waals surface area contributed by atoms with Gasteiger partial charge in [-0.3, -0.25) is 20.0 Å². The van der Waals surface area contributed by atoms with E-state index >= 15 is 0 Å². The predicted octanol–water partition coefficient (Wildman–Crippen LogP) is 9.17. The molecule has 0 radical (unpaired) electrons. The van der Waals surface area contributed by atoms with Gasteiger partial charge in [-0.2, -0.15) is 0 Å². The van der Waals surface area contributed by atoms with Gasteiger partial charge in [0.05, 0.1) is 0 Å². The second-order valence-electron chi connectivity index (χ2n) is 11.9. The Labute approximate surface area is 336 Å². The first kappa shape index (κ1) is 46.1. The van der Waals surface area contributed by atoms with E-state index < -0.39 is 0 Å². The van der Waals surface area contributed by atoms with Gasteiger partial charge in [0.1, 0.15) is 23.0 Å². The fourth-order valence-electron chi connectivity index (χ4n) is 4.91. The number of aromatic hydroxyl groups is 4. The molecular weight excluding hydrogens is 837 g/mol. The topological polar surface area (TPSA) is 130 Å². The second kappa shape index (κ2) is 29.6. The van der Waals surface area contributed by atoms with E-state index in [0.29, 0.717) is 0 Å². The predicted molar refractivity (Wildman–Crippen MR) is 208 cm³/mol. The van der Waals surface area contributed by atoms with Gasteiger partial charge in [0.2, 0.25) is 0 Å². The van der Waals surface area contributed by atoms with Gasteiger partial charge in [-0.15, -0.1) is 0 Å². The molecule has 284 valence electrons. The van der Waals surface area contributed by atoms with Crippen LogP contribution in [0.3, 0.4) is 0 Å². The average Bonchev–Trinajstić information content (AvgIpc) is 3.12. The van der Waals surface area contributed by atoms with Crippen molar-refractivity contribution in [2.75, 3.05) is 26.2 Å². The SMILES string of the molecule is Oc1ccccc1C=NCCCCCCCN=Cc1ccccc1O.Oc1ccccc1C=NCCCCCCCN=Cc1ccccc1O.[Pd].[Pd]. The maximum Gasteiger partial charge on any atom is 0.124 e. The minimum absolute atomic E-state index is 0. The second-order valence-corrected chi connectivity index (χ2v) is 11.9. The van der Waals surface area contributed by atoms with Crippen LogP contribution in [0, 0.1) is 0 Å². The van der Waals surface area contributed by atoms with Gasteiger partial charge in [-0.25, -0.2) is 0 Å². The molecule has 0 bridgehead atoms. The van der Waals surface area contributed by atoms with Gasteiger partial charge in [0.15, 0.2) is 0 Å². The summed E-state index contributed by atoms with van der Waals surface area (Å²) in [5.74, 6) is 1.09. The zero-order valence-corrected chi connectivity index (χ0v) is 32.8. The summed E-state index contributed by atoms with van der Waals surface area (Å²) in [6.07, 6.45) is 18.2. The van der Waals surface area contributed by atoms with E-state index in [1.807, 2.05) is 48.5 Å².